The highest BCUT2D eigenvalue weighted by Gasteiger charge is 2.20. The molecular formula is C30H42BN. The zero-order valence-electron chi connectivity index (χ0n) is 20.1. The molecule has 0 fully saturated rings. The molecule has 0 bridgehead atoms. The van der Waals surface area contributed by atoms with Crippen molar-refractivity contribution in [3.63, 3.8) is 0 Å². The van der Waals surface area contributed by atoms with E-state index in [0.717, 1.165) is 6.54 Å². The minimum Gasteiger partial charge on any atom is -0.330 e. The van der Waals surface area contributed by atoms with Gasteiger partial charge in [0.1, 0.15) is 0 Å². The molecule has 0 saturated heterocycles. The van der Waals surface area contributed by atoms with Crippen LogP contribution in [0.1, 0.15) is 71.1 Å². The molecule has 0 aliphatic heterocycles. The highest BCUT2D eigenvalue weighted by molar-refractivity contribution is 6.95. The molecule has 3 aromatic rings. The van der Waals surface area contributed by atoms with Gasteiger partial charge in [-0.25, -0.2) is 0 Å². The van der Waals surface area contributed by atoms with E-state index >= 15 is 0 Å². The number of hydrogen-bond acceptors (Lipinski definition) is 1. The van der Waals surface area contributed by atoms with Crippen molar-refractivity contribution in [1.82, 2.24) is 0 Å². The molecule has 0 saturated carbocycles. The molecule has 2 N–H and O–H groups in total. The average Bonchev–Trinajstić information content (AvgIpc) is 2.86. The summed E-state index contributed by atoms with van der Waals surface area (Å²) >= 11 is 0. The second-order valence-corrected chi connectivity index (χ2v) is 8.64. The van der Waals surface area contributed by atoms with Gasteiger partial charge in [-0.05, 0) is 13.0 Å². The van der Waals surface area contributed by atoms with E-state index in [4.69, 9.17) is 5.73 Å². The fourth-order valence-electron chi connectivity index (χ4n) is 4.15. The van der Waals surface area contributed by atoms with E-state index in [2.05, 4.69) is 97.9 Å². The molecule has 0 heterocycles. The lowest BCUT2D eigenvalue weighted by molar-refractivity contribution is 0.558. The summed E-state index contributed by atoms with van der Waals surface area (Å²) in [5, 5.41) is 0. The maximum Gasteiger partial charge on any atom is 0.241 e. The van der Waals surface area contributed by atoms with Crippen LogP contribution in [-0.2, 0) is 0 Å². The van der Waals surface area contributed by atoms with Crippen LogP contribution in [0.25, 0.3) is 0 Å². The monoisotopic (exact) mass is 427 g/mol. The van der Waals surface area contributed by atoms with E-state index in [1.54, 1.807) is 0 Å². The Morgan fingerprint density at radius 3 is 1.09 bits per heavy atom. The van der Waals surface area contributed by atoms with Gasteiger partial charge in [0, 0.05) is 0 Å². The van der Waals surface area contributed by atoms with Gasteiger partial charge in [0.2, 0.25) is 6.71 Å². The Labute approximate surface area is 197 Å². The molecule has 3 rings (SSSR count). The molecule has 0 atom stereocenters. The minimum atomic E-state index is 0.309. The summed E-state index contributed by atoms with van der Waals surface area (Å²) in [6, 6.07) is 32.0. The molecule has 0 unspecified atom stereocenters. The normalized spacial score (nSPS) is 10.3. The first-order valence-corrected chi connectivity index (χ1v) is 12.7. The summed E-state index contributed by atoms with van der Waals surface area (Å²) in [6.45, 7) is 3.45. The van der Waals surface area contributed by atoms with Crippen molar-refractivity contribution >= 4 is 23.1 Å². The fraction of sp³-hybridized carbons (Fsp3) is 0.400. The van der Waals surface area contributed by atoms with Crippen molar-refractivity contribution in [2.45, 2.75) is 71.1 Å². The van der Waals surface area contributed by atoms with E-state index in [-0.39, 0.29) is 0 Å². The fourth-order valence-corrected chi connectivity index (χ4v) is 4.15. The predicted molar refractivity (Wildman–Crippen MR) is 145 cm³/mol. The molecule has 1 nitrogen and oxygen atoms in total. The molecule has 0 radical (unpaired) electrons. The Morgan fingerprint density at radius 1 is 0.469 bits per heavy atom. The van der Waals surface area contributed by atoms with Gasteiger partial charge in [-0.2, -0.15) is 0 Å². The molecule has 32 heavy (non-hydrogen) atoms. The van der Waals surface area contributed by atoms with Gasteiger partial charge in [0.25, 0.3) is 0 Å². The Morgan fingerprint density at radius 2 is 0.781 bits per heavy atom. The summed E-state index contributed by atoms with van der Waals surface area (Å²) < 4.78 is 0. The van der Waals surface area contributed by atoms with Crippen molar-refractivity contribution in [2.24, 2.45) is 5.73 Å². The lowest BCUT2D eigenvalue weighted by Crippen LogP contribution is -2.51. The van der Waals surface area contributed by atoms with Crippen LogP contribution in [0, 0.1) is 0 Å². The van der Waals surface area contributed by atoms with Crippen molar-refractivity contribution in [1.29, 1.82) is 0 Å². The van der Waals surface area contributed by atoms with Gasteiger partial charge in [-0.1, -0.05) is 172 Å². The van der Waals surface area contributed by atoms with Gasteiger partial charge in [0.05, 0.1) is 0 Å². The number of unbranched alkanes of at least 4 members (excludes halogenated alkanes) is 9. The Balaban J connectivity index is 0.000000247. The van der Waals surface area contributed by atoms with E-state index in [9.17, 15) is 0 Å². The SMILES string of the molecule is CCCCCCCCCCCCN.c1ccc(B(c2ccccc2)c2ccccc2)cc1. The van der Waals surface area contributed by atoms with Gasteiger partial charge in [0.15, 0.2) is 0 Å². The minimum absolute atomic E-state index is 0.309. The lowest BCUT2D eigenvalue weighted by atomic mass is 9.37. The standard InChI is InChI=1S/C18H15B.C12H27N/c1-4-10-16(11-5-1)19(17-12-6-2-7-13-17)18-14-8-3-9-15-18;1-2-3-4-5-6-7-8-9-10-11-12-13/h1-15H;2-13H2,1H3. The van der Waals surface area contributed by atoms with Crippen LogP contribution in [0.15, 0.2) is 91.0 Å². The Hall–Kier alpha value is -2.32. The Bertz CT molecular complexity index is 685. The highest BCUT2D eigenvalue weighted by atomic mass is 14.5. The molecule has 2 heteroatoms. The lowest BCUT2D eigenvalue weighted by Gasteiger charge is -2.15. The zero-order valence-corrected chi connectivity index (χ0v) is 20.1. The molecular weight excluding hydrogens is 385 g/mol. The molecule has 0 aromatic heterocycles. The molecule has 0 amide bonds. The number of hydrogen-bond donors (Lipinski definition) is 1. The highest BCUT2D eigenvalue weighted by Crippen LogP contribution is 2.09. The summed E-state index contributed by atoms with van der Waals surface area (Å²) in [5.74, 6) is 0. The molecule has 0 aliphatic rings. The van der Waals surface area contributed by atoms with Crippen LogP contribution in [0.4, 0.5) is 0 Å². The van der Waals surface area contributed by atoms with Gasteiger partial charge >= 0.3 is 0 Å². The summed E-state index contributed by atoms with van der Waals surface area (Å²) in [4.78, 5) is 0. The Kier molecular flexibility index (Phi) is 14.0. The first-order valence-electron chi connectivity index (χ1n) is 12.7. The topological polar surface area (TPSA) is 26.0 Å². The number of nitrogens with two attached hydrogens (primary N) is 1. The van der Waals surface area contributed by atoms with E-state index in [1.165, 1.54) is 80.6 Å². The van der Waals surface area contributed by atoms with Crippen molar-refractivity contribution in [3.8, 4) is 0 Å². The van der Waals surface area contributed by atoms with Gasteiger partial charge < -0.3 is 5.73 Å². The third kappa shape index (κ3) is 10.3. The second-order valence-electron chi connectivity index (χ2n) is 8.64. The van der Waals surface area contributed by atoms with Crippen LogP contribution in [0.2, 0.25) is 0 Å². The van der Waals surface area contributed by atoms with Crippen molar-refractivity contribution in [2.75, 3.05) is 6.54 Å². The summed E-state index contributed by atoms with van der Waals surface area (Å²) in [6.07, 6.45) is 13.9. The van der Waals surface area contributed by atoms with Crippen molar-refractivity contribution in [3.05, 3.63) is 91.0 Å². The molecule has 0 aliphatic carbocycles. The zero-order chi connectivity index (χ0) is 22.7. The van der Waals surface area contributed by atoms with Crippen LogP contribution in [0.5, 0.6) is 0 Å². The average molecular weight is 427 g/mol. The predicted octanol–water partition coefficient (Wildman–Crippen LogP) is 6.07. The quantitative estimate of drug-likeness (QED) is 0.260. The molecule has 0 spiro atoms. The number of rotatable bonds is 13. The largest absolute Gasteiger partial charge is 0.330 e. The van der Waals surface area contributed by atoms with E-state index in [1.807, 2.05) is 0 Å². The first-order chi connectivity index (χ1) is 15.9. The first kappa shape index (κ1) is 25.9. The smallest absolute Gasteiger partial charge is 0.241 e. The van der Waals surface area contributed by atoms with Crippen molar-refractivity contribution < 1.29 is 0 Å². The number of benzene rings is 3. The maximum absolute atomic E-state index is 5.42. The third-order valence-electron chi connectivity index (χ3n) is 5.96. The van der Waals surface area contributed by atoms with Gasteiger partial charge in [-0.15, -0.1) is 0 Å². The van der Waals surface area contributed by atoms with Crippen LogP contribution in [-0.4, -0.2) is 13.3 Å². The maximum atomic E-state index is 5.42. The van der Waals surface area contributed by atoms with E-state index < -0.39 is 0 Å². The van der Waals surface area contributed by atoms with Gasteiger partial charge in [-0.3, -0.25) is 0 Å². The van der Waals surface area contributed by atoms with Crippen LogP contribution >= 0.6 is 0 Å². The summed E-state index contributed by atoms with van der Waals surface area (Å²) in [7, 11) is 0. The van der Waals surface area contributed by atoms with E-state index in [0.29, 0.717) is 6.71 Å². The second kappa shape index (κ2) is 17.3. The van der Waals surface area contributed by atoms with Crippen LogP contribution < -0.4 is 22.1 Å². The summed E-state index contributed by atoms with van der Waals surface area (Å²) in [5.41, 5.74) is 9.42. The van der Waals surface area contributed by atoms with Crippen LogP contribution in [0.3, 0.4) is 0 Å². The third-order valence-corrected chi connectivity index (χ3v) is 5.96. The molecule has 170 valence electrons. The molecule has 3 aromatic carbocycles.